The van der Waals surface area contributed by atoms with Gasteiger partial charge in [-0.25, -0.2) is 9.97 Å². The van der Waals surface area contributed by atoms with E-state index in [-0.39, 0.29) is 0 Å². The van der Waals surface area contributed by atoms with Crippen molar-refractivity contribution >= 4 is 21.7 Å². The average Bonchev–Trinajstić information content (AvgIpc) is 2.76. The molecule has 0 amide bonds. The zero-order chi connectivity index (χ0) is 13.0. The fourth-order valence-corrected chi connectivity index (χ4v) is 2.86. The van der Waals surface area contributed by atoms with E-state index in [1.165, 1.54) is 6.42 Å². The Kier molecular flexibility index (Phi) is 4.95. The van der Waals surface area contributed by atoms with Crippen molar-refractivity contribution in [3.05, 3.63) is 16.5 Å². The maximum absolute atomic E-state index is 5.49. The fourth-order valence-electron chi connectivity index (χ4n) is 2.44. The Balaban J connectivity index is 2.08. The van der Waals surface area contributed by atoms with Crippen molar-refractivity contribution in [2.75, 3.05) is 12.4 Å². The highest BCUT2D eigenvalue weighted by Crippen LogP contribution is 2.25. The van der Waals surface area contributed by atoms with Crippen LogP contribution in [0.15, 0.2) is 10.7 Å². The van der Waals surface area contributed by atoms with E-state index in [2.05, 4.69) is 38.1 Å². The van der Waals surface area contributed by atoms with E-state index in [9.17, 15) is 0 Å². The molecule has 1 saturated carbocycles. The lowest BCUT2D eigenvalue weighted by Gasteiger charge is -2.20. The van der Waals surface area contributed by atoms with Crippen LogP contribution in [0.2, 0.25) is 0 Å². The molecule has 2 atom stereocenters. The second kappa shape index (κ2) is 6.48. The van der Waals surface area contributed by atoms with Crippen molar-refractivity contribution in [3.8, 4) is 0 Å². The third-order valence-corrected chi connectivity index (χ3v) is 3.71. The normalized spacial score (nSPS) is 23.3. The van der Waals surface area contributed by atoms with Crippen LogP contribution in [-0.4, -0.2) is 29.2 Å². The molecule has 100 valence electrons. The third kappa shape index (κ3) is 3.42. The van der Waals surface area contributed by atoms with Crippen molar-refractivity contribution in [2.24, 2.45) is 0 Å². The maximum atomic E-state index is 5.49. The minimum absolute atomic E-state index is 0.299. The van der Waals surface area contributed by atoms with E-state index < -0.39 is 0 Å². The van der Waals surface area contributed by atoms with Gasteiger partial charge in [0.05, 0.1) is 12.1 Å². The summed E-state index contributed by atoms with van der Waals surface area (Å²) in [4.78, 5) is 8.92. The second-order valence-corrected chi connectivity index (χ2v) is 5.51. The lowest BCUT2D eigenvalue weighted by molar-refractivity contribution is 0.101. The first-order valence-electron chi connectivity index (χ1n) is 6.55. The Morgan fingerprint density at radius 2 is 2.28 bits per heavy atom. The van der Waals surface area contributed by atoms with Gasteiger partial charge >= 0.3 is 0 Å². The zero-order valence-electron chi connectivity index (χ0n) is 10.9. The Morgan fingerprint density at radius 3 is 3.00 bits per heavy atom. The first-order chi connectivity index (χ1) is 8.72. The number of ether oxygens (including phenoxy) is 1. The quantitative estimate of drug-likeness (QED) is 0.848. The Morgan fingerprint density at radius 1 is 1.44 bits per heavy atom. The number of nitrogens with one attached hydrogen (secondary N) is 1. The molecule has 2 rings (SSSR count). The molecular formula is C13H20BrN3O. The summed E-state index contributed by atoms with van der Waals surface area (Å²) in [5, 5.41) is 3.48. The van der Waals surface area contributed by atoms with Gasteiger partial charge in [-0.1, -0.05) is 6.92 Å². The van der Waals surface area contributed by atoms with Crippen LogP contribution in [0.1, 0.15) is 38.4 Å². The summed E-state index contributed by atoms with van der Waals surface area (Å²) in [7, 11) is 1.78. The second-order valence-electron chi connectivity index (χ2n) is 4.70. The topological polar surface area (TPSA) is 47.0 Å². The summed E-state index contributed by atoms with van der Waals surface area (Å²) in [6.07, 6.45) is 5.75. The number of hydrogen-bond acceptors (Lipinski definition) is 4. The van der Waals surface area contributed by atoms with Crippen molar-refractivity contribution in [3.63, 3.8) is 0 Å². The molecule has 0 bridgehead atoms. The van der Waals surface area contributed by atoms with Crippen LogP contribution in [0.4, 0.5) is 5.82 Å². The molecule has 1 aromatic rings. The molecule has 0 saturated heterocycles. The molecule has 0 spiro atoms. The van der Waals surface area contributed by atoms with Crippen LogP contribution >= 0.6 is 15.9 Å². The first kappa shape index (κ1) is 13.7. The smallest absolute Gasteiger partial charge is 0.132 e. The molecule has 4 nitrogen and oxygen atoms in total. The molecule has 0 radical (unpaired) electrons. The highest BCUT2D eigenvalue weighted by molar-refractivity contribution is 9.10. The van der Waals surface area contributed by atoms with Gasteiger partial charge in [-0.2, -0.15) is 0 Å². The van der Waals surface area contributed by atoms with Gasteiger partial charge in [-0.05, 0) is 41.6 Å². The molecule has 18 heavy (non-hydrogen) atoms. The minimum Gasteiger partial charge on any atom is -0.379 e. The summed E-state index contributed by atoms with van der Waals surface area (Å²) < 4.78 is 6.33. The van der Waals surface area contributed by atoms with Gasteiger partial charge in [0.1, 0.15) is 16.2 Å². The first-order valence-corrected chi connectivity index (χ1v) is 7.35. The van der Waals surface area contributed by atoms with Crippen LogP contribution < -0.4 is 5.32 Å². The van der Waals surface area contributed by atoms with E-state index in [0.29, 0.717) is 12.1 Å². The van der Waals surface area contributed by atoms with E-state index in [1.54, 1.807) is 7.11 Å². The number of anilines is 1. The molecule has 0 aliphatic heterocycles. The van der Waals surface area contributed by atoms with Crippen molar-refractivity contribution in [1.29, 1.82) is 0 Å². The molecule has 5 heteroatoms. The van der Waals surface area contributed by atoms with Gasteiger partial charge in [-0.3, -0.25) is 0 Å². The van der Waals surface area contributed by atoms with Crippen LogP contribution in [-0.2, 0) is 11.2 Å². The van der Waals surface area contributed by atoms with E-state index in [4.69, 9.17) is 4.74 Å². The van der Waals surface area contributed by atoms with Crippen LogP contribution in [0.3, 0.4) is 0 Å². The van der Waals surface area contributed by atoms with E-state index >= 15 is 0 Å². The Labute approximate surface area is 117 Å². The predicted octanol–water partition coefficient (Wildman–Crippen LogP) is 3.17. The summed E-state index contributed by atoms with van der Waals surface area (Å²) in [6, 6.07) is 2.30. The third-order valence-electron chi connectivity index (χ3n) is 3.30. The number of methoxy groups -OCH3 is 1. The molecule has 1 aliphatic rings. The van der Waals surface area contributed by atoms with Gasteiger partial charge in [0.25, 0.3) is 0 Å². The average molecular weight is 314 g/mol. The Hall–Kier alpha value is -0.680. The number of rotatable bonds is 5. The summed E-state index contributed by atoms with van der Waals surface area (Å²) in [5.41, 5.74) is 0. The van der Waals surface area contributed by atoms with Gasteiger partial charge in [0.2, 0.25) is 0 Å². The number of nitrogens with zero attached hydrogens (tertiary/aromatic N) is 2. The van der Waals surface area contributed by atoms with Crippen molar-refractivity contribution in [2.45, 2.75) is 51.2 Å². The highest BCUT2D eigenvalue weighted by atomic mass is 79.9. The van der Waals surface area contributed by atoms with E-state index in [1.807, 2.05) is 6.07 Å². The molecule has 1 aromatic heterocycles. The van der Waals surface area contributed by atoms with Gasteiger partial charge in [0, 0.05) is 19.6 Å². The highest BCUT2D eigenvalue weighted by Gasteiger charge is 2.27. The maximum Gasteiger partial charge on any atom is 0.132 e. The molecule has 1 aliphatic carbocycles. The molecular weight excluding hydrogens is 294 g/mol. The van der Waals surface area contributed by atoms with Crippen molar-refractivity contribution in [1.82, 2.24) is 9.97 Å². The lowest BCUT2D eigenvalue weighted by Crippen LogP contribution is -2.30. The summed E-state index contributed by atoms with van der Waals surface area (Å²) in [6.45, 7) is 2.13. The van der Waals surface area contributed by atoms with Gasteiger partial charge < -0.3 is 10.1 Å². The predicted molar refractivity (Wildman–Crippen MR) is 75.8 cm³/mol. The molecule has 1 N–H and O–H groups in total. The lowest BCUT2D eigenvalue weighted by atomic mass is 10.2. The van der Waals surface area contributed by atoms with E-state index in [0.717, 1.165) is 41.9 Å². The number of halogens is 1. The number of hydrogen-bond donors (Lipinski definition) is 1. The van der Waals surface area contributed by atoms with Crippen LogP contribution in [0, 0.1) is 0 Å². The molecule has 1 fully saturated rings. The van der Waals surface area contributed by atoms with Gasteiger partial charge in [-0.15, -0.1) is 0 Å². The molecule has 2 unspecified atom stereocenters. The van der Waals surface area contributed by atoms with Crippen molar-refractivity contribution < 1.29 is 4.74 Å². The minimum atomic E-state index is 0.299. The summed E-state index contributed by atoms with van der Waals surface area (Å²) in [5.74, 6) is 1.79. The standard InChI is InChI=1S/C13H20BrN3O/c1-3-5-12-16-11(14)8-13(17-12)15-9-6-4-7-10(9)18-2/h8-10H,3-7H2,1-2H3,(H,15,16,17). The van der Waals surface area contributed by atoms with Gasteiger partial charge in [0.15, 0.2) is 0 Å². The van der Waals surface area contributed by atoms with Crippen LogP contribution in [0.5, 0.6) is 0 Å². The van der Waals surface area contributed by atoms with Crippen LogP contribution in [0.25, 0.3) is 0 Å². The zero-order valence-corrected chi connectivity index (χ0v) is 12.5. The molecule has 0 aromatic carbocycles. The number of aryl methyl sites for hydroxylation is 1. The number of aromatic nitrogens is 2. The largest absolute Gasteiger partial charge is 0.379 e. The molecule has 1 heterocycles. The Bertz CT molecular complexity index is 400. The monoisotopic (exact) mass is 313 g/mol. The summed E-state index contributed by atoms with van der Waals surface area (Å²) >= 11 is 3.44. The SMILES string of the molecule is CCCc1nc(Br)cc(NC2CCCC2OC)n1. The fraction of sp³-hybridized carbons (Fsp3) is 0.692.